The molecule has 3 amide bonds. The van der Waals surface area contributed by atoms with E-state index in [1.807, 2.05) is 0 Å². The van der Waals surface area contributed by atoms with Crippen LogP contribution in [0.25, 0.3) is 0 Å². The maximum atomic E-state index is 12.2. The minimum absolute atomic E-state index is 0.236. The predicted octanol–water partition coefficient (Wildman–Crippen LogP) is 0.778. The molecule has 3 rings (SSSR count). The smallest absolute Gasteiger partial charge is 0.326 e. The maximum absolute atomic E-state index is 12.2. The number of rotatable bonds is 5. The van der Waals surface area contributed by atoms with E-state index in [1.165, 1.54) is 12.1 Å². The molecule has 8 heteroatoms. The average Bonchev–Trinajstić information content (AvgIpc) is 3.20. The molecular formula is C18H17N3O5. The number of amides is 3. The van der Waals surface area contributed by atoms with Crippen molar-refractivity contribution in [1.29, 1.82) is 5.26 Å². The molecule has 1 N–H and O–H groups in total. The van der Waals surface area contributed by atoms with Gasteiger partial charge >= 0.3 is 5.97 Å². The Labute approximate surface area is 149 Å². The molecule has 1 fully saturated rings. The van der Waals surface area contributed by atoms with Gasteiger partial charge in [-0.2, -0.15) is 5.26 Å². The van der Waals surface area contributed by atoms with Crippen LogP contribution in [0.5, 0.6) is 0 Å². The van der Waals surface area contributed by atoms with Crippen molar-refractivity contribution in [3.05, 3.63) is 35.4 Å². The van der Waals surface area contributed by atoms with Gasteiger partial charge in [-0.15, -0.1) is 0 Å². The molecule has 0 atom stereocenters. The van der Waals surface area contributed by atoms with Gasteiger partial charge in [-0.3, -0.25) is 24.1 Å². The molecule has 1 heterocycles. The number of hydrogen-bond donors (Lipinski definition) is 1. The van der Waals surface area contributed by atoms with Crippen molar-refractivity contribution in [2.75, 3.05) is 13.2 Å². The van der Waals surface area contributed by atoms with Crippen LogP contribution in [0.4, 0.5) is 0 Å². The Morgan fingerprint density at radius 1 is 1.15 bits per heavy atom. The van der Waals surface area contributed by atoms with Crippen LogP contribution in [0.3, 0.4) is 0 Å². The lowest BCUT2D eigenvalue weighted by Crippen LogP contribution is -2.47. The van der Waals surface area contributed by atoms with Gasteiger partial charge in [-0.25, -0.2) is 0 Å². The lowest BCUT2D eigenvalue weighted by atomic mass is 10.00. The van der Waals surface area contributed by atoms with Crippen molar-refractivity contribution in [1.82, 2.24) is 10.2 Å². The number of ether oxygens (including phenoxy) is 1. The highest BCUT2D eigenvalue weighted by Crippen LogP contribution is 2.28. The largest absolute Gasteiger partial charge is 0.454 e. The van der Waals surface area contributed by atoms with E-state index in [4.69, 9.17) is 4.74 Å². The number of esters is 1. The Morgan fingerprint density at radius 2 is 1.73 bits per heavy atom. The Bertz CT molecular complexity index is 785. The second-order valence-electron chi connectivity index (χ2n) is 6.35. The molecule has 1 aromatic carbocycles. The highest BCUT2D eigenvalue weighted by Gasteiger charge is 2.37. The SMILES string of the molecule is N#CC1(NC(=O)COC(=O)CN2C(=O)c3ccccc3C2=O)CCCC1. The second kappa shape index (κ2) is 6.96. The fourth-order valence-corrected chi connectivity index (χ4v) is 3.25. The van der Waals surface area contributed by atoms with Gasteiger partial charge in [0.2, 0.25) is 0 Å². The number of carbonyl (C=O) groups excluding carboxylic acids is 4. The van der Waals surface area contributed by atoms with Gasteiger partial charge < -0.3 is 10.1 Å². The van der Waals surface area contributed by atoms with Crippen LogP contribution < -0.4 is 5.32 Å². The van der Waals surface area contributed by atoms with Crippen LogP contribution in [0, 0.1) is 11.3 Å². The number of hydrogen-bond acceptors (Lipinski definition) is 6. The van der Waals surface area contributed by atoms with Crippen molar-refractivity contribution in [2.45, 2.75) is 31.2 Å². The van der Waals surface area contributed by atoms with E-state index < -0.39 is 42.4 Å². The molecule has 1 aromatic rings. The number of nitrogens with zero attached hydrogens (tertiary/aromatic N) is 2. The van der Waals surface area contributed by atoms with E-state index in [1.54, 1.807) is 12.1 Å². The summed E-state index contributed by atoms with van der Waals surface area (Å²) in [6.07, 6.45) is 2.84. The Hall–Kier alpha value is -3.21. The van der Waals surface area contributed by atoms with E-state index in [0.717, 1.165) is 17.7 Å². The number of benzene rings is 1. The second-order valence-corrected chi connectivity index (χ2v) is 6.35. The number of fused-ring (bicyclic) bond motifs is 1. The summed E-state index contributed by atoms with van der Waals surface area (Å²) in [5.74, 6) is -2.58. The van der Waals surface area contributed by atoms with E-state index in [2.05, 4.69) is 11.4 Å². The highest BCUT2D eigenvalue weighted by molar-refractivity contribution is 6.22. The zero-order valence-corrected chi connectivity index (χ0v) is 14.0. The molecule has 0 radical (unpaired) electrons. The minimum Gasteiger partial charge on any atom is -0.454 e. The van der Waals surface area contributed by atoms with E-state index in [-0.39, 0.29) is 11.1 Å². The van der Waals surface area contributed by atoms with Gasteiger partial charge in [-0.1, -0.05) is 12.1 Å². The molecule has 1 aliphatic carbocycles. The first-order chi connectivity index (χ1) is 12.5. The topological polar surface area (TPSA) is 117 Å². The van der Waals surface area contributed by atoms with Gasteiger partial charge in [0.1, 0.15) is 12.1 Å². The molecule has 1 aliphatic heterocycles. The van der Waals surface area contributed by atoms with Gasteiger partial charge in [-0.05, 0) is 37.8 Å². The van der Waals surface area contributed by atoms with Gasteiger partial charge in [0.25, 0.3) is 17.7 Å². The van der Waals surface area contributed by atoms with Crippen LogP contribution in [0.2, 0.25) is 0 Å². The zero-order chi connectivity index (χ0) is 18.7. The van der Waals surface area contributed by atoms with Gasteiger partial charge in [0.15, 0.2) is 6.61 Å². The highest BCUT2D eigenvalue weighted by atomic mass is 16.5. The number of imide groups is 1. The van der Waals surface area contributed by atoms with Crippen molar-refractivity contribution < 1.29 is 23.9 Å². The fourth-order valence-electron chi connectivity index (χ4n) is 3.25. The first-order valence-electron chi connectivity index (χ1n) is 8.29. The average molecular weight is 355 g/mol. The summed E-state index contributed by atoms with van der Waals surface area (Å²) in [6, 6.07) is 8.39. The summed E-state index contributed by atoms with van der Waals surface area (Å²) in [4.78, 5) is 49.0. The molecule has 1 saturated carbocycles. The predicted molar refractivity (Wildman–Crippen MR) is 87.7 cm³/mol. The molecule has 134 valence electrons. The lowest BCUT2D eigenvalue weighted by molar-refractivity contribution is -0.149. The number of nitrogens with one attached hydrogen (secondary N) is 1. The minimum atomic E-state index is -0.897. The van der Waals surface area contributed by atoms with E-state index in [9.17, 15) is 24.4 Å². The van der Waals surface area contributed by atoms with Crippen LogP contribution in [0.15, 0.2) is 24.3 Å². The van der Waals surface area contributed by atoms with E-state index in [0.29, 0.717) is 12.8 Å². The Kier molecular flexibility index (Phi) is 4.71. The van der Waals surface area contributed by atoms with Gasteiger partial charge in [0, 0.05) is 0 Å². The quantitative estimate of drug-likeness (QED) is 0.616. The van der Waals surface area contributed by atoms with Crippen molar-refractivity contribution in [3.63, 3.8) is 0 Å². The fraction of sp³-hybridized carbons (Fsp3) is 0.389. The summed E-state index contributed by atoms with van der Waals surface area (Å²) in [6.45, 7) is -1.13. The van der Waals surface area contributed by atoms with E-state index >= 15 is 0 Å². The van der Waals surface area contributed by atoms with Gasteiger partial charge in [0.05, 0.1) is 17.2 Å². The lowest BCUT2D eigenvalue weighted by Gasteiger charge is -2.21. The summed E-state index contributed by atoms with van der Waals surface area (Å²) in [5.41, 5.74) is -0.424. The first kappa shape index (κ1) is 17.6. The van der Waals surface area contributed by atoms with Crippen LogP contribution in [-0.4, -0.2) is 47.3 Å². The summed E-state index contributed by atoms with van der Waals surface area (Å²) in [5, 5.41) is 11.8. The van der Waals surface area contributed by atoms with Crippen LogP contribution in [-0.2, 0) is 14.3 Å². The standard InChI is InChI=1S/C18H17N3O5/c19-11-18(7-3-4-8-18)20-14(22)10-26-15(23)9-21-16(24)12-5-1-2-6-13(12)17(21)25/h1-2,5-6H,3-4,7-10H2,(H,20,22). The molecule has 2 aliphatic rings. The third-order valence-electron chi connectivity index (χ3n) is 4.58. The molecule has 8 nitrogen and oxygen atoms in total. The zero-order valence-electron chi connectivity index (χ0n) is 14.0. The Morgan fingerprint density at radius 3 is 2.27 bits per heavy atom. The first-order valence-corrected chi connectivity index (χ1v) is 8.29. The Balaban J connectivity index is 1.52. The van der Waals surface area contributed by atoms with Crippen molar-refractivity contribution in [2.24, 2.45) is 0 Å². The number of nitriles is 1. The normalized spacial score (nSPS) is 17.6. The molecular weight excluding hydrogens is 338 g/mol. The van der Waals surface area contributed by atoms with Crippen molar-refractivity contribution >= 4 is 23.7 Å². The molecule has 26 heavy (non-hydrogen) atoms. The summed E-state index contributed by atoms with van der Waals surface area (Å²) >= 11 is 0. The molecule has 0 unspecified atom stereocenters. The molecule has 0 saturated heterocycles. The van der Waals surface area contributed by atoms with Crippen LogP contribution in [0.1, 0.15) is 46.4 Å². The maximum Gasteiger partial charge on any atom is 0.326 e. The molecule has 0 bridgehead atoms. The third-order valence-corrected chi connectivity index (χ3v) is 4.58. The molecule has 0 spiro atoms. The third kappa shape index (κ3) is 3.28. The molecule has 0 aromatic heterocycles. The van der Waals surface area contributed by atoms with Crippen LogP contribution >= 0.6 is 0 Å². The number of carbonyl (C=O) groups is 4. The monoisotopic (exact) mass is 355 g/mol. The van der Waals surface area contributed by atoms with Crippen molar-refractivity contribution in [3.8, 4) is 6.07 Å². The summed E-state index contributed by atoms with van der Waals surface area (Å²) in [7, 11) is 0. The summed E-state index contributed by atoms with van der Waals surface area (Å²) < 4.78 is 4.85.